The van der Waals surface area contributed by atoms with Crippen LogP contribution in [0.15, 0.2) is 58.4 Å². The van der Waals surface area contributed by atoms with Crippen LogP contribution in [-0.4, -0.2) is 30.1 Å². The summed E-state index contributed by atoms with van der Waals surface area (Å²) < 4.78 is 75.0. The first-order valence-electron chi connectivity index (χ1n) is 12.5. The number of aryl methyl sites for hydroxylation is 1. The summed E-state index contributed by atoms with van der Waals surface area (Å²) >= 11 is 0. The molecule has 9 nitrogen and oxygen atoms in total. The summed E-state index contributed by atoms with van der Waals surface area (Å²) in [5.41, 5.74) is 6.28. The molecular formula is C27H26F3N5O4S. The van der Waals surface area contributed by atoms with Gasteiger partial charge in [-0.15, -0.1) is 0 Å². The van der Waals surface area contributed by atoms with E-state index in [1.54, 1.807) is 23.6 Å². The molecule has 3 N–H and O–H groups in total. The van der Waals surface area contributed by atoms with E-state index >= 15 is 0 Å². The molecule has 0 bridgehead atoms. The first-order valence-corrected chi connectivity index (χ1v) is 13.9. The SMILES string of the molecule is COc1ncc(-c2cc3c(C)nc(N)cc3n(C3CCCC3)c2=O)cc1NS(=O)(=O)c1cccc(C(F)(F)F)c1. The van der Waals surface area contributed by atoms with E-state index in [0.29, 0.717) is 28.5 Å². The molecule has 0 radical (unpaired) electrons. The predicted molar refractivity (Wildman–Crippen MR) is 145 cm³/mol. The summed E-state index contributed by atoms with van der Waals surface area (Å²) in [6, 6.07) is 8.05. The van der Waals surface area contributed by atoms with Crippen LogP contribution in [0.4, 0.5) is 24.7 Å². The highest BCUT2D eigenvalue weighted by atomic mass is 32.2. The second kappa shape index (κ2) is 10.1. The molecule has 5 rings (SSSR count). The Morgan fingerprint density at radius 2 is 1.85 bits per heavy atom. The van der Waals surface area contributed by atoms with Crippen molar-refractivity contribution in [2.75, 3.05) is 17.6 Å². The van der Waals surface area contributed by atoms with Gasteiger partial charge >= 0.3 is 6.18 Å². The Balaban J connectivity index is 1.64. The minimum absolute atomic E-state index is 0.0405. The van der Waals surface area contributed by atoms with Crippen LogP contribution in [0.5, 0.6) is 5.88 Å². The van der Waals surface area contributed by atoms with Gasteiger partial charge in [-0.1, -0.05) is 18.9 Å². The zero-order valence-electron chi connectivity index (χ0n) is 21.6. The quantitative estimate of drug-likeness (QED) is 0.321. The number of nitrogen functional groups attached to an aromatic ring is 1. The Hall–Kier alpha value is -4.13. The summed E-state index contributed by atoms with van der Waals surface area (Å²) in [4.78, 5) is 21.8. The fourth-order valence-corrected chi connectivity index (χ4v) is 6.22. The van der Waals surface area contributed by atoms with Crippen molar-refractivity contribution in [2.24, 2.45) is 0 Å². The molecule has 1 aliphatic carbocycles. The van der Waals surface area contributed by atoms with Crippen LogP contribution >= 0.6 is 0 Å². The molecule has 40 heavy (non-hydrogen) atoms. The van der Waals surface area contributed by atoms with Gasteiger partial charge in [0.1, 0.15) is 11.5 Å². The molecule has 0 aliphatic heterocycles. The summed E-state index contributed by atoms with van der Waals surface area (Å²) in [5.74, 6) is 0.170. The summed E-state index contributed by atoms with van der Waals surface area (Å²) in [6.07, 6.45) is 0.257. The maximum absolute atomic E-state index is 13.9. The van der Waals surface area contributed by atoms with Crippen molar-refractivity contribution in [3.8, 4) is 17.0 Å². The molecular weight excluding hydrogens is 547 g/mol. The number of anilines is 2. The van der Waals surface area contributed by atoms with Crippen LogP contribution in [0.3, 0.4) is 0 Å². The van der Waals surface area contributed by atoms with Gasteiger partial charge in [0.2, 0.25) is 5.88 Å². The van der Waals surface area contributed by atoms with Crippen molar-refractivity contribution in [3.05, 3.63) is 70.3 Å². The van der Waals surface area contributed by atoms with Gasteiger partial charge in [-0.3, -0.25) is 9.52 Å². The molecule has 1 aromatic carbocycles. The standard InChI is InChI=1S/C27H26F3N5O4S/c1-15-20-12-21(26(36)35(18-7-3-4-8-18)23(20)13-24(31)33-15)16-10-22(25(39-2)32-14-16)34-40(37,38)19-9-5-6-17(11-19)27(28,29)30/h5-6,9-14,18,34H,3-4,7-8H2,1-2H3,(H2,31,33). The number of hydrogen-bond acceptors (Lipinski definition) is 7. The van der Waals surface area contributed by atoms with E-state index in [0.717, 1.165) is 43.9 Å². The average Bonchev–Trinajstić information content (AvgIpc) is 3.42. The van der Waals surface area contributed by atoms with Gasteiger partial charge in [0.15, 0.2) is 0 Å². The van der Waals surface area contributed by atoms with E-state index in [1.165, 1.54) is 19.4 Å². The number of methoxy groups -OCH3 is 1. The first-order chi connectivity index (χ1) is 18.9. The zero-order valence-corrected chi connectivity index (χ0v) is 22.4. The molecule has 3 heterocycles. The average molecular weight is 574 g/mol. The highest BCUT2D eigenvalue weighted by Crippen LogP contribution is 2.36. The van der Waals surface area contributed by atoms with Gasteiger partial charge < -0.3 is 15.0 Å². The van der Waals surface area contributed by atoms with Crippen molar-refractivity contribution in [1.82, 2.24) is 14.5 Å². The molecule has 0 amide bonds. The number of halogens is 3. The number of aromatic nitrogens is 3. The van der Waals surface area contributed by atoms with Gasteiger partial charge in [-0.2, -0.15) is 13.2 Å². The number of alkyl halides is 3. The number of hydrogen-bond donors (Lipinski definition) is 2. The van der Waals surface area contributed by atoms with Crippen molar-refractivity contribution >= 4 is 32.4 Å². The highest BCUT2D eigenvalue weighted by molar-refractivity contribution is 7.92. The van der Waals surface area contributed by atoms with E-state index in [-0.39, 0.29) is 34.3 Å². The third-order valence-corrected chi connectivity index (χ3v) is 8.37. The molecule has 1 saturated carbocycles. The van der Waals surface area contributed by atoms with Crippen molar-refractivity contribution in [3.63, 3.8) is 0 Å². The molecule has 3 aromatic heterocycles. The van der Waals surface area contributed by atoms with Gasteiger partial charge in [-0.25, -0.2) is 18.4 Å². The number of sulfonamides is 1. The van der Waals surface area contributed by atoms with Crippen molar-refractivity contribution in [2.45, 2.75) is 49.7 Å². The van der Waals surface area contributed by atoms with Crippen LogP contribution in [0, 0.1) is 6.92 Å². The zero-order chi connectivity index (χ0) is 28.8. The van der Waals surface area contributed by atoms with Crippen molar-refractivity contribution in [1.29, 1.82) is 0 Å². The van der Waals surface area contributed by atoms with Crippen molar-refractivity contribution < 1.29 is 26.3 Å². The summed E-state index contributed by atoms with van der Waals surface area (Å²) in [6.45, 7) is 1.78. The lowest BCUT2D eigenvalue weighted by atomic mass is 10.0. The number of fused-ring (bicyclic) bond motifs is 1. The number of nitrogens with one attached hydrogen (secondary N) is 1. The Labute approximate surface area is 227 Å². The molecule has 0 atom stereocenters. The van der Waals surface area contributed by atoms with Crippen LogP contribution < -0.4 is 20.8 Å². The minimum atomic E-state index is -4.72. The van der Waals surface area contributed by atoms with Crippen LogP contribution in [-0.2, 0) is 16.2 Å². The van der Waals surface area contributed by atoms with Gasteiger partial charge in [0, 0.05) is 40.5 Å². The Morgan fingerprint density at radius 1 is 1.12 bits per heavy atom. The predicted octanol–water partition coefficient (Wildman–Crippen LogP) is 5.29. The fourth-order valence-electron chi connectivity index (χ4n) is 5.12. The van der Waals surface area contributed by atoms with E-state index < -0.39 is 26.7 Å². The number of benzene rings is 1. The first kappa shape index (κ1) is 27.4. The number of nitrogens with two attached hydrogens (primary N) is 1. The maximum atomic E-state index is 13.9. The van der Waals surface area contributed by atoms with E-state index in [1.807, 2.05) is 0 Å². The number of nitrogens with zero attached hydrogens (tertiary/aromatic N) is 3. The van der Waals surface area contributed by atoms with Crippen LogP contribution in [0.25, 0.3) is 22.0 Å². The number of rotatable bonds is 6. The molecule has 210 valence electrons. The van der Waals surface area contributed by atoms with E-state index in [9.17, 15) is 26.4 Å². The lowest BCUT2D eigenvalue weighted by Crippen LogP contribution is -2.26. The third-order valence-electron chi connectivity index (χ3n) is 7.01. The molecule has 1 fully saturated rings. The van der Waals surface area contributed by atoms with E-state index in [4.69, 9.17) is 10.5 Å². The normalized spacial score (nSPS) is 14.5. The molecule has 0 spiro atoms. The Kier molecular flexibility index (Phi) is 6.94. The topological polar surface area (TPSA) is 129 Å². The largest absolute Gasteiger partial charge is 0.480 e. The lowest BCUT2D eigenvalue weighted by Gasteiger charge is -2.20. The summed E-state index contributed by atoms with van der Waals surface area (Å²) in [5, 5.41) is 0.706. The van der Waals surface area contributed by atoms with Gasteiger partial charge in [0.25, 0.3) is 15.6 Å². The number of ether oxygens (including phenoxy) is 1. The number of pyridine rings is 3. The van der Waals surface area contributed by atoms with Crippen LogP contribution in [0.2, 0.25) is 0 Å². The highest BCUT2D eigenvalue weighted by Gasteiger charge is 2.32. The molecule has 4 aromatic rings. The second-order valence-corrected chi connectivity index (χ2v) is 11.3. The van der Waals surface area contributed by atoms with Gasteiger partial charge in [-0.05, 0) is 50.1 Å². The van der Waals surface area contributed by atoms with Gasteiger partial charge in [0.05, 0.1) is 23.1 Å². The third kappa shape index (κ3) is 5.08. The Morgan fingerprint density at radius 3 is 2.52 bits per heavy atom. The second-order valence-electron chi connectivity index (χ2n) is 9.65. The molecule has 0 saturated heterocycles. The lowest BCUT2D eigenvalue weighted by molar-refractivity contribution is -0.137. The molecule has 1 aliphatic rings. The minimum Gasteiger partial charge on any atom is -0.480 e. The fraction of sp³-hybridized carbons (Fsp3) is 0.296. The molecule has 13 heteroatoms. The van der Waals surface area contributed by atoms with Crippen LogP contribution in [0.1, 0.15) is 43.0 Å². The smallest absolute Gasteiger partial charge is 0.416 e. The molecule has 0 unspecified atom stereocenters. The van der Waals surface area contributed by atoms with E-state index in [2.05, 4.69) is 14.7 Å². The summed E-state index contributed by atoms with van der Waals surface area (Å²) in [7, 11) is -3.21. The monoisotopic (exact) mass is 573 g/mol. The Bertz CT molecular complexity index is 1780. The maximum Gasteiger partial charge on any atom is 0.416 e.